The third kappa shape index (κ3) is 4.20. The fourth-order valence-corrected chi connectivity index (χ4v) is 4.50. The van der Waals surface area contributed by atoms with Gasteiger partial charge in [0.1, 0.15) is 13.2 Å². The summed E-state index contributed by atoms with van der Waals surface area (Å²) in [6.07, 6.45) is 3.15. The molecule has 4 rings (SSSR count). The minimum Gasteiger partial charge on any atom is -0.486 e. The molecule has 2 aromatic carbocycles. The second-order valence-corrected chi connectivity index (χ2v) is 8.58. The Kier molecular flexibility index (Phi) is 5.22. The molecule has 6 nitrogen and oxygen atoms in total. The molecule has 144 valence electrons. The Morgan fingerprint density at radius 2 is 1.63 bits per heavy atom. The first-order valence-corrected chi connectivity index (χ1v) is 10.8. The van der Waals surface area contributed by atoms with E-state index in [1.165, 1.54) is 24.6 Å². The molecule has 0 unspecified atom stereocenters. The van der Waals surface area contributed by atoms with Gasteiger partial charge < -0.3 is 14.4 Å². The smallest absolute Gasteiger partial charge is 0.240 e. The molecular formula is C20H24N2O4S. The van der Waals surface area contributed by atoms with Crippen LogP contribution in [0.4, 0.5) is 5.69 Å². The number of anilines is 1. The van der Waals surface area contributed by atoms with Crippen molar-refractivity contribution in [1.29, 1.82) is 0 Å². The summed E-state index contributed by atoms with van der Waals surface area (Å²) in [5.41, 5.74) is 2.36. The second kappa shape index (κ2) is 7.78. The first-order valence-electron chi connectivity index (χ1n) is 9.35. The maximum Gasteiger partial charge on any atom is 0.240 e. The third-order valence-electron chi connectivity index (χ3n) is 4.94. The maximum atomic E-state index is 12.5. The lowest BCUT2D eigenvalue weighted by Gasteiger charge is -2.19. The van der Waals surface area contributed by atoms with Gasteiger partial charge in [-0.25, -0.2) is 13.1 Å². The van der Waals surface area contributed by atoms with Crippen molar-refractivity contribution in [3.8, 4) is 11.5 Å². The largest absolute Gasteiger partial charge is 0.486 e. The van der Waals surface area contributed by atoms with Gasteiger partial charge >= 0.3 is 0 Å². The number of hydrogen-bond acceptors (Lipinski definition) is 5. The van der Waals surface area contributed by atoms with Crippen LogP contribution < -0.4 is 19.1 Å². The van der Waals surface area contributed by atoms with E-state index in [0.29, 0.717) is 37.7 Å². The lowest BCUT2D eigenvalue weighted by molar-refractivity contribution is 0.171. The van der Waals surface area contributed by atoms with E-state index in [-0.39, 0.29) is 4.90 Å². The maximum absolute atomic E-state index is 12.5. The molecule has 0 amide bonds. The Morgan fingerprint density at radius 3 is 2.37 bits per heavy atom. The molecule has 0 spiro atoms. The van der Waals surface area contributed by atoms with Crippen molar-refractivity contribution in [3.05, 3.63) is 48.0 Å². The van der Waals surface area contributed by atoms with Crippen molar-refractivity contribution < 1.29 is 17.9 Å². The highest BCUT2D eigenvalue weighted by Gasteiger charge is 2.19. The van der Waals surface area contributed by atoms with E-state index < -0.39 is 10.0 Å². The van der Waals surface area contributed by atoms with Crippen LogP contribution in [0, 0.1) is 0 Å². The van der Waals surface area contributed by atoms with Crippen molar-refractivity contribution in [1.82, 2.24) is 4.72 Å². The quantitative estimate of drug-likeness (QED) is 0.824. The molecule has 0 atom stereocenters. The van der Waals surface area contributed by atoms with E-state index >= 15 is 0 Å². The molecule has 0 aromatic heterocycles. The van der Waals surface area contributed by atoms with Gasteiger partial charge in [0, 0.05) is 31.4 Å². The highest BCUT2D eigenvalue weighted by atomic mass is 32.2. The molecule has 2 aromatic rings. The van der Waals surface area contributed by atoms with E-state index in [2.05, 4.69) is 33.9 Å². The number of rotatable bonds is 6. The first kappa shape index (κ1) is 18.1. The van der Waals surface area contributed by atoms with Gasteiger partial charge in [0.2, 0.25) is 10.0 Å². The van der Waals surface area contributed by atoms with E-state index in [1.807, 2.05) is 0 Å². The summed E-state index contributed by atoms with van der Waals surface area (Å²) in [5, 5.41) is 0. The zero-order chi connectivity index (χ0) is 18.7. The number of ether oxygens (including phenoxy) is 2. The molecule has 0 radical (unpaired) electrons. The number of sulfonamides is 1. The summed E-state index contributed by atoms with van der Waals surface area (Å²) in [4.78, 5) is 2.57. The van der Waals surface area contributed by atoms with Crippen LogP contribution in [0.1, 0.15) is 18.4 Å². The van der Waals surface area contributed by atoms with Gasteiger partial charge in [-0.15, -0.1) is 0 Å². The van der Waals surface area contributed by atoms with Crippen molar-refractivity contribution in [2.24, 2.45) is 0 Å². The molecular weight excluding hydrogens is 364 g/mol. The third-order valence-corrected chi connectivity index (χ3v) is 6.40. The van der Waals surface area contributed by atoms with E-state index in [4.69, 9.17) is 9.47 Å². The minimum atomic E-state index is -3.58. The summed E-state index contributed by atoms with van der Waals surface area (Å²) in [6.45, 7) is 3.49. The molecule has 1 fully saturated rings. The lowest BCUT2D eigenvalue weighted by atomic mass is 10.1. The zero-order valence-corrected chi connectivity index (χ0v) is 16.0. The van der Waals surface area contributed by atoms with Crippen LogP contribution in [-0.2, 0) is 16.4 Å². The monoisotopic (exact) mass is 388 g/mol. The Bertz CT molecular complexity index is 891. The summed E-state index contributed by atoms with van der Waals surface area (Å²) in [7, 11) is -3.58. The number of nitrogens with one attached hydrogen (secondary N) is 1. The zero-order valence-electron chi connectivity index (χ0n) is 15.2. The average Bonchev–Trinajstić information content (AvgIpc) is 3.23. The molecule has 2 aliphatic heterocycles. The van der Waals surface area contributed by atoms with Gasteiger partial charge in [-0.1, -0.05) is 12.1 Å². The van der Waals surface area contributed by atoms with Gasteiger partial charge in [-0.2, -0.15) is 0 Å². The van der Waals surface area contributed by atoms with Crippen molar-refractivity contribution in [2.75, 3.05) is 37.7 Å². The van der Waals surface area contributed by atoms with Crippen molar-refractivity contribution in [2.45, 2.75) is 24.2 Å². The van der Waals surface area contributed by atoms with Gasteiger partial charge in [0.25, 0.3) is 0 Å². The van der Waals surface area contributed by atoms with Gasteiger partial charge in [0.05, 0.1) is 4.90 Å². The molecule has 1 N–H and O–H groups in total. The second-order valence-electron chi connectivity index (χ2n) is 6.81. The standard InChI is InChI=1S/C20H24N2O4S/c23-27(24,18-7-8-19-20(15-18)26-14-13-25-19)21-10-9-16-3-5-17(6-4-16)22-11-1-2-12-22/h3-8,15,21H,1-2,9-14H2. The van der Waals surface area contributed by atoms with Crippen LogP contribution in [-0.4, -0.2) is 41.3 Å². The topological polar surface area (TPSA) is 67.9 Å². The molecule has 0 bridgehead atoms. The Balaban J connectivity index is 1.35. The van der Waals surface area contributed by atoms with Crippen molar-refractivity contribution >= 4 is 15.7 Å². The van der Waals surface area contributed by atoms with Crippen LogP contribution in [0.3, 0.4) is 0 Å². The first-order chi connectivity index (χ1) is 13.1. The van der Waals surface area contributed by atoms with Gasteiger partial charge in [0.15, 0.2) is 11.5 Å². The molecule has 7 heteroatoms. The Morgan fingerprint density at radius 1 is 0.926 bits per heavy atom. The minimum absolute atomic E-state index is 0.191. The Labute approximate surface area is 160 Å². The predicted molar refractivity (Wildman–Crippen MR) is 104 cm³/mol. The van der Waals surface area contributed by atoms with Crippen LogP contribution in [0.15, 0.2) is 47.4 Å². The highest BCUT2D eigenvalue weighted by molar-refractivity contribution is 7.89. The van der Waals surface area contributed by atoms with E-state index in [0.717, 1.165) is 18.7 Å². The normalized spacial score (nSPS) is 16.5. The van der Waals surface area contributed by atoms with Crippen LogP contribution in [0.5, 0.6) is 11.5 Å². The number of benzene rings is 2. The fraction of sp³-hybridized carbons (Fsp3) is 0.400. The van der Waals surface area contributed by atoms with Crippen LogP contribution in [0.25, 0.3) is 0 Å². The summed E-state index contributed by atoms with van der Waals surface area (Å²) < 4.78 is 38.6. The lowest BCUT2D eigenvalue weighted by Crippen LogP contribution is -2.26. The summed E-state index contributed by atoms with van der Waals surface area (Å²) in [6, 6.07) is 13.1. The Hall–Kier alpha value is -2.25. The number of hydrogen-bond donors (Lipinski definition) is 1. The van der Waals surface area contributed by atoms with Crippen molar-refractivity contribution in [3.63, 3.8) is 0 Å². The van der Waals surface area contributed by atoms with Gasteiger partial charge in [-0.05, 0) is 49.1 Å². The SMILES string of the molecule is O=S(=O)(NCCc1ccc(N2CCCC2)cc1)c1ccc2c(c1)OCCO2. The van der Waals surface area contributed by atoms with Gasteiger partial charge in [-0.3, -0.25) is 0 Å². The summed E-state index contributed by atoms with van der Waals surface area (Å²) in [5.74, 6) is 1.06. The molecule has 0 saturated carbocycles. The molecule has 1 saturated heterocycles. The molecule has 2 heterocycles. The van der Waals surface area contributed by atoms with Crippen LogP contribution in [0.2, 0.25) is 0 Å². The highest BCUT2D eigenvalue weighted by Crippen LogP contribution is 2.32. The predicted octanol–water partition coefficient (Wildman–Crippen LogP) is 2.58. The molecule has 27 heavy (non-hydrogen) atoms. The summed E-state index contributed by atoms with van der Waals surface area (Å²) >= 11 is 0. The molecule has 2 aliphatic rings. The fourth-order valence-electron chi connectivity index (χ4n) is 3.45. The average molecular weight is 388 g/mol. The van der Waals surface area contributed by atoms with E-state index in [1.54, 1.807) is 12.1 Å². The number of nitrogens with zero attached hydrogens (tertiary/aromatic N) is 1. The van der Waals surface area contributed by atoms with Crippen LogP contribution >= 0.6 is 0 Å². The molecule has 0 aliphatic carbocycles. The number of fused-ring (bicyclic) bond motifs is 1. The van der Waals surface area contributed by atoms with E-state index in [9.17, 15) is 8.42 Å².